The van der Waals surface area contributed by atoms with Gasteiger partial charge in [-0.05, 0) is 67.8 Å². The Labute approximate surface area is 146 Å². The smallest absolute Gasteiger partial charge is 0.255 e. The Balaban J connectivity index is 1.88. The number of nitrogens with one attached hydrogen (secondary N) is 1. The molecule has 132 valence electrons. The zero-order valence-corrected chi connectivity index (χ0v) is 15.0. The molecule has 0 fully saturated rings. The molecule has 0 aliphatic carbocycles. The molecule has 0 spiro atoms. The Bertz CT molecular complexity index is 957. The summed E-state index contributed by atoms with van der Waals surface area (Å²) in [5.74, 6) is -0.675. The molecule has 0 saturated heterocycles. The molecule has 25 heavy (non-hydrogen) atoms. The summed E-state index contributed by atoms with van der Waals surface area (Å²) in [6.45, 7) is 3.55. The fourth-order valence-electron chi connectivity index (χ4n) is 3.21. The normalized spacial score (nSPS) is 16.6. The predicted octanol–water partition coefficient (Wildman–Crippen LogP) is 3.10. The van der Waals surface area contributed by atoms with Gasteiger partial charge >= 0.3 is 0 Å². The number of rotatable bonds is 3. The maximum absolute atomic E-state index is 13.2. The van der Waals surface area contributed by atoms with Crippen molar-refractivity contribution in [3.8, 4) is 0 Å². The second-order valence-electron chi connectivity index (χ2n) is 6.37. The first kappa shape index (κ1) is 17.4. The van der Waals surface area contributed by atoms with Crippen LogP contribution >= 0.6 is 0 Å². The summed E-state index contributed by atoms with van der Waals surface area (Å²) in [5.41, 5.74) is 3.04. The Morgan fingerprint density at radius 1 is 1.24 bits per heavy atom. The second-order valence-corrected chi connectivity index (χ2v) is 8.23. The van der Waals surface area contributed by atoms with Crippen molar-refractivity contribution in [1.82, 2.24) is 0 Å². The summed E-state index contributed by atoms with van der Waals surface area (Å²) in [4.78, 5) is 12.5. The Morgan fingerprint density at radius 3 is 2.60 bits per heavy atom. The average molecular weight is 362 g/mol. The highest BCUT2D eigenvalue weighted by Gasteiger charge is 2.32. The van der Waals surface area contributed by atoms with Crippen LogP contribution in [0.3, 0.4) is 0 Å². The SMILES string of the molecule is Cc1cc(F)ccc1NC(=O)c1ccc2c(c1)C[C@@H](C)N2S(C)(=O)=O. The van der Waals surface area contributed by atoms with Crippen molar-refractivity contribution in [1.29, 1.82) is 0 Å². The molecule has 1 N–H and O–H groups in total. The van der Waals surface area contributed by atoms with Gasteiger partial charge in [0.2, 0.25) is 10.0 Å². The highest BCUT2D eigenvalue weighted by atomic mass is 32.2. The minimum absolute atomic E-state index is 0.178. The van der Waals surface area contributed by atoms with Crippen LogP contribution in [0.4, 0.5) is 15.8 Å². The van der Waals surface area contributed by atoms with Crippen LogP contribution in [0.5, 0.6) is 0 Å². The van der Waals surface area contributed by atoms with Crippen LogP contribution in [0, 0.1) is 12.7 Å². The van der Waals surface area contributed by atoms with Gasteiger partial charge in [-0.2, -0.15) is 0 Å². The molecule has 0 saturated carbocycles. The van der Waals surface area contributed by atoms with E-state index in [1.807, 2.05) is 6.92 Å². The first-order chi connectivity index (χ1) is 11.7. The van der Waals surface area contributed by atoms with Gasteiger partial charge in [0, 0.05) is 17.3 Å². The minimum Gasteiger partial charge on any atom is -0.322 e. The van der Waals surface area contributed by atoms with E-state index >= 15 is 0 Å². The molecule has 2 aromatic carbocycles. The Kier molecular flexibility index (Phi) is 4.28. The first-order valence-corrected chi connectivity index (χ1v) is 9.71. The fourth-order valence-corrected chi connectivity index (χ4v) is 4.47. The number of aryl methyl sites for hydroxylation is 1. The number of benzene rings is 2. The van der Waals surface area contributed by atoms with E-state index in [1.54, 1.807) is 25.1 Å². The van der Waals surface area contributed by atoms with Crippen molar-refractivity contribution >= 4 is 27.3 Å². The van der Waals surface area contributed by atoms with E-state index < -0.39 is 10.0 Å². The lowest BCUT2D eigenvalue weighted by Gasteiger charge is -2.21. The molecular formula is C18H19FN2O3S. The van der Waals surface area contributed by atoms with Crippen molar-refractivity contribution in [3.05, 3.63) is 58.9 Å². The standard InChI is InChI=1S/C18H19FN2O3S/c1-11-8-15(19)5-6-16(11)20-18(22)13-4-7-17-14(10-13)9-12(2)21(17)25(3,23)24/h4-8,10,12H,9H2,1-3H3,(H,20,22)/t12-/m1/s1. The number of nitrogens with zero attached hydrogens (tertiary/aromatic N) is 1. The zero-order chi connectivity index (χ0) is 18.4. The van der Waals surface area contributed by atoms with Crippen molar-refractivity contribution in [2.24, 2.45) is 0 Å². The fraction of sp³-hybridized carbons (Fsp3) is 0.278. The monoisotopic (exact) mass is 362 g/mol. The van der Waals surface area contributed by atoms with Crippen LogP contribution in [0.2, 0.25) is 0 Å². The van der Waals surface area contributed by atoms with E-state index in [0.29, 0.717) is 28.9 Å². The van der Waals surface area contributed by atoms with Crippen molar-refractivity contribution in [2.45, 2.75) is 26.3 Å². The highest BCUT2D eigenvalue weighted by molar-refractivity contribution is 7.92. The Morgan fingerprint density at radius 2 is 1.96 bits per heavy atom. The third-order valence-electron chi connectivity index (χ3n) is 4.29. The van der Waals surface area contributed by atoms with E-state index in [2.05, 4.69) is 5.32 Å². The lowest BCUT2D eigenvalue weighted by Crippen LogP contribution is -2.34. The van der Waals surface area contributed by atoms with Crippen LogP contribution in [-0.2, 0) is 16.4 Å². The van der Waals surface area contributed by atoms with Gasteiger partial charge in [-0.1, -0.05) is 0 Å². The largest absolute Gasteiger partial charge is 0.322 e. The van der Waals surface area contributed by atoms with Gasteiger partial charge in [0.25, 0.3) is 5.91 Å². The summed E-state index contributed by atoms with van der Waals surface area (Å²) in [7, 11) is -3.36. The number of fused-ring (bicyclic) bond motifs is 1. The van der Waals surface area contributed by atoms with Gasteiger partial charge in [-0.25, -0.2) is 12.8 Å². The molecular weight excluding hydrogens is 343 g/mol. The number of sulfonamides is 1. The summed E-state index contributed by atoms with van der Waals surface area (Å²) >= 11 is 0. The third-order valence-corrected chi connectivity index (χ3v) is 5.56. The first-order valence-electron chi connectivity index (χ1n) is 7.86. The molecule has 5 nitrogen and oxygen atoms in total. The summed E-state index contributed by atoms with van der Waals surface area (Å²) in [6.07, 6.45) is 1.73. The molecule has 0 bridgehead atoms. The van der Waals surface area contributed by atoms with Crippen molar-refractivity contribution in [3.63, 3.8) is 0 Å². The van der Waals surface area contributed by atoms with Crippen molar-refractivity contribution < 1.29 is 17.6 Å². The molecule has 0 radical (unpaired) electrons. The Hall–Kier alpha value is -2.41. The van der Waals surface area contributed by atoms with E-state index in [-0.39, 0.29) is 17.8 Å². The van der Waals surface area contributed by atoms with Gasteiger partial charge in [0.1, 0.15) is 5.82 Å². The number of halogens is 1. The number of anilines is 2. The summed E-state index contributed by atoms with van der Waals surface area (Å²) in [5, 5.41) is 2.76. The van der Waals surface area contributed by atoms with Gasteiger partial charge in [0.05, 0.1) is 11.9 Å². The molecule has 1 aliphatic rings. The molecule has 1 heterocycles. The summed E-state index contributed by atoms with van der Waals surface area (Å²) < 4.78 is 38.4. The maximum Gasteiger partial charge on any atom is 0.255 e. The molecule has 1 amide bonds. The van der Waals surface area contributed by atoms with E-state index in [0.717, 1.165) is 5.56 Å². The van der Waals surface area contributed by atoms with E-state index in [9.17, 15) is 17.6 Å². The quantitative estimate of drug-likeness (QED) is 0.912. The lowest BCUT2D eigenvalue weighted by atomic mass is 10.1. The number of hydrogen-bond donors (Lipinski definition) is 1. The molecule has 0 unspecified atom stereocenters. The van der Waals surface area contributed by atoms with Crippen LogP contribution in [0.1, 0.15) is 28.4 Å². The molecule has 2 aromatic rings. The predicted molar refractivity (Wildman–Crippen MR) is 96.0 cm³/mol. The van der Waals surface area contributed by atoms with Crippen LogP contribution in [0.15, 0.2) is 36.4 Å². The molecule has 1 aliphatic heterocycles. The van der Waals surface area contributed by atoms with E-state index in [4.69, 9.17) is 0 Å². The molecule has 0 aromatic heterocycles. The van der Waals surface area contributed by atoms with Crippen LogP contribution < -0.4 is 9.62 Å². The number of amides is 1. The zero-order valence-electron chi connectivity index (χ0n) is 14.2. The second kappa shape index (κ2) is 6.15. The maximum atomic E-state index is 13.2. The van der Waals surface area contributed by atoms with E-state index in [1.165, 1.54) is 28.8 Å². The van der Waals surface area contributed by atoms with Gasteiger partial charge in [-0.3, -0.25) is 9.10 Å². The van der Waals surface area contributed by atoms with Crippen LogP contribution in [-0.4, -0.2) is 26.6 Å². The van der Waals surface area contributed by atoms with Gasteiger partial charge < -0.3 is 5.32 Å². The number of hydrogen-bond acceptors (Lipinski definition) is 3. The van der Waals surface area contributed by atoms with Crippen LogP contribution in [0.25, 0.3) is 0 Å². The van der Waals surface area contributed by atoms with Gasteiger partial charge in [0.15, 0.2) is 0 Å². The average Bonchev–Trinajstić information content (AvgIpc) is 2.84. The molecule has 1 atom stereocenters. The third kappa shape index (κ3) is 3.37. The lowest BCUT2D eigenvalue weighted by molar-refractivity contribution is 0.102. The highest BCUT2D eigenvalue weighted by Crippen LogP contribution is 2.34. The van der Waals surface area contributed by atoms with Crippen molar-refractivity contribution in [2.75, 3.05) is 15.9 Å². The minimum atomic E-state index is -3.36. The summed E-state index contributed by atoms with van der Waals surface area (Å²) in [6, 6.07) is 8.95. The topological polar surface area (TPSA) is 66.5 Å². The number of carbonyl (C=O) groups is 1. The molecule has 3 rings (SSSR count). The number of carbonyl (C=O) groups excluding carboxylic acids is 1. The van der Waals surface area contributed by atoms with Gasteiger partial charge in [-0.15, -0.1) is 0 Å². The molecule has 7 heteroatoms.